The molecule has 0 bridgehead atoms. The molecule has 80 valence electrons. The molecule has 0 radical (unpaired) electrons. The predicted molar refractivity (Wildman–Crippen MR) is 56.9 cm³/mol. The van der Waals surface area contributed by atoms with Crippen LogP contribution in [0, 0.1) is 0 Å². The first kappa shape index (κ1) is 11.7. The van der Waals surface area contributed by atoms with Crippen LogP contribution in [0.4, 0.5) is 0 Å². The lowest BCUT2D eigenvalue weighted by atomic mass is 10.5. The lowest BCUT2D eigenvalue weighted by Gasteiger charge is -2.15. The van der Waals surface area contributed by atoms with Crippen molar-refractivity contribution >= 4 is 15.9 Å². The number of nitrogens with zero attached hydrogens (tertiary/aromatic N) is 2. The van der Waals surface area contributed by atoms with Crippen molar-refractivity contribution in [2.45, 2.75) is 20.1 Å². The molecular weight excluding hydrogens is 248 g/mol. The van der Waals surface area contributed by atoms with Crippen LogP contribution in [0.3, 0.4) is 0 Å². The molecule has 1 rings (SSSR count). The number of rotatable bonds is 5. The number of hydrogen-bond donors (Lipinski definition) is 0. The molecule has 0 aliphatic rings. The van der Waals surface area contributed by atoms with Gasteiger partial charge in [-0.1, -0.05) is 0 Å². The lowest BCUT2D eigenvalue weighted by molar-refractivity contribution is -0.146. The zero-order valence-electron chi connectivity index (χ0n) is 8.66. The van der Waals surface area contributed by atoms with Crippen LogP contribution in [-0.2, 0) is 16.5 Å². The van der Waals surface area contributed by atoms with Crippen LogP contribution in [0.5, 0.6) is 0 Å². The highest BCUT2D eigenvalue weighted by molar-refractivity contribution is 9.10. The van der Waals surface area contributed by atoms with Gasteiger partial charge < -0.3 is 14.0 Å². The quantitative estimate of drug-likeness (QED) is 0.764. The molecule has 1 heterocycles. The van der Waals surface area contributed by atoms with Gasteiger partial charge in [0.25, 0.3) is 0 Å². The highest BCUT2D eigenvalue weighted by atomic mass is 79.9. The fourth-order valence-electron chi connectivity index (χ4n) is 1.16. The van der Waals surface area contributed by atoms with Gasteiger partial charge in [0.1, 0.15) is 4.60 Å². The van der Waals surface area contributed by atoms with Crippen LogP contribution in [0.25, 0.3) is 0 Å². The predicted octanol–water partition coefficient (Wildman–Crippen LogP) is 2.25. The van der Waals surface area contributed by atoms with Crippen molar-refractivity contribution in [1.29, 1.82) is 0 Å². The summed E-state index contributed by atoms with van der Waals surface area (Å²) in [4.78, 5) is 4.28. The zero-order valence-corrected chi connectivity index (χ0v) is 10.2. The summed E-state index contributed by atoms with van der Waals surface area (Å²) < 4.78 is 13.6. The van der Waals surface area contributed by atoms with Gasteiger partial charge in [0, 0.05) is 26.5 Å². The zero-order chi connectivity index (χ0) is 10.6. The van der Waals surface area contributed by atoms with E-state index in [-0.39, 0.29) is 6.29 Å². The van der Waals surface area contributed by atoms with Crippen LogP contribution in [0.15, 0.2) is 10.8 Å². The Morgan fingerprint density at radius 3 is 2.36 bits per heavy atom. The van der Waals surface area contributed by atoms with Crippen LogP contribution in [0.2, 0.25) is 0 Å². The van der Waals surface area contributed by atoms with Gasteiger partial charge in [-0.3, -0.25) is 0 Å². The van der Waals surface area contributed by atoms with E-state index < -0.39 is 0 Å². The van der Waals surface area contributed by atoms with E-state index in [9.17, 15) is 0 Å². The molecular formula is C9H15BrN2O2. The SMILES string of the molecule is CCOC(OCC)c1nc(Br)cn1C. The molecule has 4 nitrogen and oxygen atoms in total. The van der Waals surface area contributed by atoms with E-state index in [2.05, 4.69) is 20.9 Å². The first-order valence-corrected chi connectivity index (χ1v) is 5.40. The maximum Gasteiger partial charge on any atom is 0.217 e. The largest absolute Gasteiger partial charge is 0.346 e. The molecule has 0 aliphatic heterocycles. The summed E-state index contributed by atoms with van der Waals surface area (Å²) in [5, 5.41) is 0. The fourth-order valence-corrected chi connectivity index (χ4v) is 1.65. The number of aryl methyl sites for hydroxylation is 1. The normalized spacial score (nSPS) is 11.2. The summed E-state index contributed by atoms with van der Waals surface area (Å²) in [6.07, 6.45) is 1.50. The number of ether oxygens (including phenoxy) is 2. The van der Waals surface area contributed by atoms with Gasteiger partial charge in [-0.2, -0.15) is 0 Å². The Kier molecular flexibility index (Phi) is 4.57. The molecule has 0 unspecified atom stereocenters. The number of hydrogen-bond acceptors (Lipinski definition) is 3. The second-order valence-electron chi connectivity index (χ2n) is 2.78. The minimum absolute atomic E-state index is 0.374. The molecule has 0 N–H and O–H groups in total. The standard InChI is InChI=1S/C9H15BrN2O2/c1-4-13-9(14-5-2)8-11-7(10)6-12(8)3/h6,9H,4-5H2,1-3H3. The molecule has 0 saturated heterocycles. The topological polar surface area (TPSA) is 36.3 Å². The third kappa shape index (κ3) is 2.80. The fraction of sp³-hybridized carbons (Fsp3) is 0.667. The van der Waals surface area contributed by atoms with Crippen molar-refractivity contribution in [1.82, 2.24) is 9.55 Å². The minimum atomic E-state index is -0.374. The van der Waals surface area contributed by atoms with E-state index in [1.165, 1.54) is 0 Å². The minimum Gasteiger partial charge on any atom is -0.346 e. The van der Waals surface area contributed by atoms with E-state index in [0.29, 0.717) is 13.2 Å². The molecule has 0 aliphatic carbocycles. The highest BCUT2D eigenvalue weighted by Crippen LogP contribution is 2.19. The van der Waals surface area contributed by atoms with Gasteiger partial charge in [-0.25, -0.2) is 4.98 Å². The molecule has 1 aromatic heterocycles. The smallest absolute Gasteiger partial charge is 0.217 e. The Hall–Kier alpha value is -0.390. The van der Waals surface area contributed by atoms with E-state index in [1.54, 1.807) is 0 Å². The maximum absolute atomic E-state index is 5.44. The molecule has 0 spiro atoms. The average Bonchev–Trinajstić information content (AvgIpc) is 2.45. The molecule has 0 saturated carbocycles. The molecule has 0 amide bonds. The number of halogens is 1. The van der Waals surface area contributed by atoms with Gasteiger partial charge in [0.2, 0.25) is 6.29 Å². The van der Waals surface area contributed by atoms with E-state index in [4.69, 9.17) is 9.47 Å². The summed E-state index contributed by atoms with van der Waals surface area (Å²) in [5.74, 6) is 0.778. The first-order valence-electron chi connectivity index (χ1n) is 4.61. The van der Waals surface area contributed by atoms with E-state index in [1.807, 2.05) is 31.7 Å². The Labute approximate surface area is 92.4 Å². The first-order chi connectivity index (χ1) is 6.69. The number of aromatic nitrogens is 2. The Morgan fingerprint density at radius 1 is 1.43 bits per heavy atom. The third-order valence-corrected chi connectivity index (χ3v) is 2.11. The molecule has 5 heteroatoms. The van der Waals surface area contributed by atoms with Crippen molar-refractivity contribution in [2.75, 3.05) is 13.2 Å². The monoisotopic (exact) mass is 262 g/mol. The maximum atomic E-state index is 5.44. The molecule has 0 fully saturated rings. The van der Waals surface area contributed by atoms with Crippen LogP contribution in [0.1, 0.15) is 26.0 Å². The summed E-state index contributed by atoms with van der Waals surface area (Å²) >= 11 is 3.31. The second-order valence-corrected chi connectivity index (χ2v) is 3.59. The van der Waals surface area contributed by atoms with Gasteiger partial charge >= 0.3 is 0 Å². The van der Waals surface area contributed by atoms with E-state index in [0.717, 1.165) is 10.4 Å². The van der Waals surface area contributed by atoms with E-state index >= 15 is 0 Å². The Balaban J connectivity index is 2.80. The molecule has 0 atom stereocenters. The van der Waals surface area contributed by atoms with Crippen LogP contribution in [-0.4, -0.2) is 22.8 Å². The molecule has 14 heavy (non-hydrogen) atoms. The van der Waals surface area contributed by atoms with Crippen molar-refractivity contribution in [3.63, 3.8) is 0 Å². The number of imidazole rings is 1. The summed E-state index contributed by atoms with van der Waals surface area (Å²) in [6, 6.07) is 0. The molecule has 1 aromatic rings. The van der Waals surface area contributed by atoms with Crippen molar-refractivity contribution in [2.24, 2.45) is 7.05 Å². The second kappa shape index (κ2) is 5.48. The van der Waals surface area contributed by atoms with Crippen LogP contribution >= 0.6 is 15.9 Å². The Bertz CT molecular complexity index is 282. The average molecular weight is 263 g/mol. The van der Waals surface area contributed by atoms with Crippen molar-refractivity contribution in [3.05, 3.63) is 16.6 Å². The summed E-state index contributed by atoms with van der Waals surface area (Å²) in [6.45, 7) is 5.08. The highest BCUT2D eigenvalue weighted by Gasteiger charge is 2.17. The third-order valence-electron chi connectivity index (χ3n) is 1.73. The summed E-state index contributed by atoms with van der Waals surface area (Å²) in [5.41, 5.74) is 0. The van der Waals surface area contributed by atoms with Gasteiger partial charge in [0.15, 0.2) is 5.82 Å². The van der Waals surface area contributed by atoms with Gasteiger partial charge in [-0.05, 0) is 29.8 Å². The Morgan fingerprint density at radius 2 is 2.00 bits per heavy atom. The van der Waals surface area contributed by atoms with Gasteiger partial charge in [0.05, 0.1) is 0 Å². The van der Waals surface area contributed by atoms with Crippen molar-refractivity contribution in [3.8, 4) is 0 Å². The lowest BCUT2D eigenvalue weighted by Crippen LogP contribution is -2.13. The summed E-state index contributed by atoms with van der Waals surface area (Å²) in [7, 11) is 1.91. The molecule has 0 aromatic carbocycles. The van der Waals surface area contributed by atoms with Crippen LogP contribution < -0.4 is 0 Å². The van der Waals surface area contributed by atoms with Gasteiger partial charge in [-0.15, -0.1) is 0 Å². The van der Waals surface area contributed by atoms with Crippen molar-refractivity contribution < 1.29 is 9.47 Å².